The molecule has 1 aromatic rings. The van der Waals surface area contributed by atoms with Gasteiger partial charge in [-0.25, -0.2) is 4.79 Å². The Labute approximate surface area is 136 Å². The summed E-state index contributed by atoms with van der Waals surface area (Å²) in [6.07, 6.45) is 1.42. The van der Waals surface area contributed by atoms with Crippen molar-refractivity contribution in [2.75, 3.05) is 20.3 Å². The van der Waals surface area contributed by atoms with Gasteiger partial charge in [0, 0.05) is 25.7 Å². The predicted molar refractivity (Wildman–Crippen MR) is 86.8 cm³/mol. The van der Waals surface area contributed by atoms with E-state index in [4.69, 9.17) is 9.47 Å². The lowest BCUT2D eigenvalue weighted by molar-refractivity contribution is -0.140. The lowest BCUT2D eigenvalue weighted by Gasteiger charge is -2.20. The Hall–Kier alpha value is -2.08. The smallest absolute Gasteiger partial charge is 0.326 e. The number of methoxy groups -OCH3 is 1. The van der Waals surface area contributed by atoms with Crippen LogP contribution in [0.4, 0.5) is 0 Å². The first-order valence-electron chi connectivity index (χ1n) is 7.75. The number of ether oxygens (including phenoxy) is 2. The Balaban J connectivity index is 2.70. The van der Waals surface area contributed by atoms with Crippen molar-refractivity contribution >= 4 is 11.9 Å². The zero-order valence-electron chi connectivity index (χ0n) is 13.9. The van der Waals surface area contributed by atoms with E-state index in [1.54, 1.807) is 38.3 Å². The third kappa shape index (κ3) is 6.28. The Morgan fingerprint density at radius 2 is 2.04 bits per heavy atom. The van der Waals surface area contributed by atoms with Crippen molar-refractivity contribution in [2.24, 2.45) is 5.92 Å². The van der Waals surface area contributed by atoms with E-state index in [2.05, 4.69) is 5.32 Å². The summed E-state index contributed by atoms with van der Waals surface area (Å²) in [5, 5.41) is 11.8. The van der Waals surface area contributed by atoms with Crippen molar-refractivity contribution in [2.45, 2.75) is 32.7 Å². The number of carboxylic acids is 1. The molecule has 6 nitrogen and oxygen atoms in total. The topological polar surface area (TPSA) is 84.9 Å². The number of carboxylic acid groups (broad SMARTS) is 1. The highest BCUT2D eigenvalue weighted by atomic mass is 16.5. The van der Waals surface area contributed by atoms with E-state index in [1.807, 2.05) is 6.92 Å². The molecule has 2 N–H and O–H groups in total. The SMILES string of the molecule is CC[C@H](C)[C@H](NC(=O)c1cccc(OCCCOC)c1)C(=O)O. The largest absolute Gasteiger partial charge is 0.493 e. The quantitative estimate of drug-likeness (QED) is 0.646. The number of benzene rings is 1. The summed E-state index contributed by atoms with van der Waals surface area (Å²) in [4.78, 5) is 23.5. The fraction of sp³-hybridized carbons (Fsp3) is 0.529. The summed E-state index contributed by atoms with van der Waals surface area (Å²) in [6, 6.07) is 5.80. The molecule has 1 aromatic carbocycles. The molecular weight excluding hydrogens is 298 g/mol. The molecule has 0 unspecified atom stereocenters. The van der Waals surface area contributed by atoms with Gasteiger partial charge in [-0.2, -0.15) is 0 Å². The number of hydrogen-bond acceptors (Lipinski definition) is 4. The van der Waals surface area contributed by atoms with E-state index < -0.39 is 17.9 Å². The second-order valence-corrected chi connectivity index (χ2v) is 5.40. The maximum atomic E-state index is 12.3. The van der Waals surface area contributed by atoms with Crippen LogP contribution in [0.2, 0.25) is 0 Å². The van der Waals surface area contributed by atoms with Gasteiger partial charge in [0.05, 0.1) is 6.61 Å². The molecule has 0 radical (unpaired) electrons. The number of hydrogen-bond donors (Lipinski definition) is 2. The fourth-order valence-corrected chi connectivity index (χ4v) is 2.03. The van der Waals surface area contributed by atoms with E-state index in [-0.39, 0.29) is 5.92 Å². The molecule has 0 bridgehead atoms. The summed E-state index contributed by atoms with van der Waals surface area (Å²) >= 11 is 0. The first-order chi connectivity index (χ1) is 11.0. The van der Waals surface area contributed by atoms with Crippen LogP contribution in [0.25, 0.3) is 0 Å². The molecule has 0 aliphatic rings. The standard InChI is InChI=1S/C17H25NO5/c1-4-12(2)15(17(20)21)18-16(19)13-7-5-8-14(11-13)23-10-6-9-22-3/h5,7-8,11-12,15H,4,6,9-10H2,1-3H3,(H,18,19)(H,20,21)/t12-,15-/m0/s1. The highest BCUT2D eigenvalue weighted by Gasteiger charge is 2.25. The summed E-state index contributed by atoms with van der Waals surface area (Å²) in [5.74, 6) is -1.02. The highest BCUT2D eigenvalue weighted by Crippen LogP contribution is 2.15. The number of carbonyl (C=O) groups excluding carboxylic acids is 1. The second kappa shape index (κ2) is 9.84. The first-order valence-corrected chi connectivity index (χ1v) is 7.75. The molecular formula is C17H25NO5. The van der Waals surface area contributed by atoms with Crippen molar-refractivity contribution in [3.05, 3.63) is 29.8 Å². The molecule has 0 saturated carbocycles. The number of aliphatic carboxylic acids is 1. The van der Waals surface area contributed by atoms with Gasteiger partial charge in [-0.3, -0.25) is 4.79 Å². The molecule has 2 atom stereocenters. The normalized spacial score (nSPS) is 13.2. The molecule has 0 saturated heterocycles. The number of nitrogens with one attached hydrogen (secondary N) is 1. The molecule has 0 aromatic heterocycles. The van der Waals surface area contributed by atoms with Gasteiger partial charge >= 0.3 is 5.97 Å². The highest BCUT2D eigenvalue weighted by molar-refractivity contribution is 5.96. The third-order valence-corrected chi connectivity index (χ3v) is 3.62. The summed E-state index contributed by atoms with van der Waals surface area (Å²) < 4.78 is 10.5. The van der Waals surface area contributed by atoms with Crippen LogP contribution in [0.3, 0.4) is 0 Å². The van der Waals surface area contributed by atoms with Crippen LogP contribution in [-0.2, 0) is 9.53 Å². The minimum absolute atomic E-state index is 0.148. The molecule has 0 aliphatic heterocycles. The van der Waals surface area contributed by atoms with Gasteiger partial charge in [0.2, 0.25) is 0 Å². The van der Waals surface area contributed by atoms with Crippen LogP contribution >= 0.6 is 0 Å². The van der Waals surface area contributed by atoms with Gasteiger partial charge in [-0.1, -0.05) is 26.3 Å². The lowest BCUT2D eigenvalue weighted by atomic mass is 9.99. The third-order valence-electron chi connectivity index (χ3n) is 3.62. The van der Waals surface area contributed by atoms with Crippen molar-refractivity contribution in [3.8, 4) is 5.75 Å². The van der Waals surface area contributed by atoms with Gasteiger partial charge in [0.25, 0.3) is 5.91 Å². The van der Waals surface area contributed by atoms with Crippen molar-refractivity contribution < 1.29 is 24.2 Å². The lowest BCUT2D eigenvalue weighted by Crippen LogP contribution is -2.45. The molecule has 0 aliphatic carbocycles. The van der Waals surface area contributed by atoms with Crippen LogP contribution in [0.1, 0.15) is 37.0 Å². The summed E-state index contributed by atoms with van der Waals surface area (Å²) in [6.45, 7) is 4.79. The van der Waals surface area contributed by atoms with Crippen LogP contribution in [0, 0.1) is 5.92 Å². The van der Waals surface area contributed by atoms with Crippen molar-refractivity contribution in [1.29, 1.82) is 0 Å². The average Bonchev–Trinajstić information content (AvgIpc) is 2.55. The first kappa shape index (κ1) is 19.0. The molecule has 1 amide bonds. The minimum atomic E-state index is -1.03. The molecule has 128 valence electrons. The van der Waals surface area contributed by atoms with Gasteiger partial charge in [0.1, 0.15) is 11.8 Å². The Bertz CT molecular complexity index is 517. The van der Waals surface area contributed by atoms with Crippen LogP contribution < -0.4 is 10.1 Å². The van der Waals surface area contributed by atoms with Gasteiger partial charge < -0.3 is 19.9 Å². The van der Waals surface area contributed by atoms with E-state index in [0.717, 1.165) is 6.42 Å². The zero-order valence-corrected chi connectivity index (χ0v) is 13.9. The number of amides is 1. The summed E-state index contributed by atoms with van der Waals surface area (Å²) in [7, 11) is 1.63. The molecule has 23 heavy (non-hydrogen) atoms. The van der Waals surface area contributed by atoms with Crippen molar-refractivity contribution in [3.63, 3.8) is 0 Å². The molecule has 0 heterocycles. The average molecular weight is 323 g/mol. The number of rotatable bonds is 10. The molecule has 1 rings (SSSR count). The van der Waals surface area contributed by atoms with E-state index in [1.165, 1.54) is 0 Å². The van der Waals surface area contributed by atoms with E-state index in [9.17, 15) is 14.7 Å². The van der Waals surface area contributed by atoms with Gasteiger partial charge in [-0.15, -0.1) is 0 Å². The molecule has 6 heteroatoms. The van der Waals surface area contributed by atoms with E-state index >= 15 is 0 Å². The maximum absolute atomic E-state index is 12.3. The second-order valence-electron chi connectivity index (χ2n) is 5.40. The van der Waals surface area contributed by atoms with Crippen LogP contribution in [0.15, 0.2) is 24.3 Å². The van der Waals surface area contributed by atoms with Crippen LogP contribution in [0.5, 0.6) is 5.75 Å². The minimum Gasteiger partial charge on any atom is -0.493 e. The number of carbonyl (C=O) groups is 2. The predicted octanol–water partition coefficient (Wildman–Crippen LogP) is 2.33. The monoisotopic (exact) mass is 323 g/mol. The summed E-state index contributed by atoms with van der Waals surface area (Å²) in [5.41, 5.74) is 0.379. The molecule has 0 fully saturated rings. The maximum Gasteiger partial charge on any atom is 0.326 e. The fourth-order valence-electron chi connectivity index (χ4n) is 2.03. The molecule has 0 spiro atoms. The van der Waals surface area contributed by atoms with E-state index in [0.29, 0.717) is 30.9 Å². The Morgan fingerprint density at radius 3 is 2.65 bits per heavy atom. The Kier molecular flexibility index (Phi) is 8.11. The zero-order chi connectivity index (χ0) is 17.2. The van der Waals surface area contributed by atoms with Gasteiger partial charge in [-0.05, 0) is 24.1 Å². The Morgan fingerprint density at radius 1 is 1.30 bits per heavy atom. The van der Waals surface area contributed by atoms with Gasteiger partial charge in [0.15, 0.2) is 0 Å². The van der Waals surface area contributed by atoms with Crippen molar-refractivity contribution in [1.82, 2.24) is 5.32 Å². The van der Waals surface area contributed by atoms with Crippen LogP contribution in [-0.4, -0.2) is 43.3 Å².